The van der Waals surface area contributed by atoms with Crippen LogP contribution in [0.4, 0.5) is 0 Å². The molecule has 1 heterocycles. The monoisotopic (exact) mass is 303 g/mol. The summed E-state index contributed by atoms with van der Waals surface area (Å²) < 4.78 is 1.21. The lowest BCUT2D eigenvalue weighted by Crippen LogP contribution is -2.35. The number of nitrogens with one attached hydrogen (secondary N) is 1. The molecule has 1 aromatic rings. The van der Waals surface area contributed by atoms with Gasteiger partial charge in [-0.3, -0.25) is 0 Å². The highest BCUT2D eigenvalue weighted by molar-refractivity contribution is 9.11. The number of hydrogen-bond acceptors (Lipinski definition) is 3. The van der Waals surface area contributed by atoms with Gasteiger partial charge in [-0.2, -0.15) is 0 Å². The predicted octanol–water partition coefficient (Wildman–Crippen LogP) is 2.95. The van der Waals surface area contributed by atoms with E-state index in [-0.39, 0.29) is 6.10 Å². The summed E-state index contributed by atoms with van der Waals surface area (Å²) in [4.78, 5) is 1.43. The van der Waals surface area contributed by atoms with Gasteiger partial charge in [0.05, 0.1) is 9.89 Å². The zero-order valence-corrected chi connectivity index (χ0v) is 11.7. The molecule has 1 aliphatic rings. The van der Waals surface area contributed by atoms with Crippen LogP contribution in [0.25, 0.3) is 0 Å². The van der Waals surface area contributed by atoms with Crippen molar-refractivity contribution in [3.05, 3.63) is 20.8 Å². The Morgan fingerprint density at radius 2 is 2.06 bits per heavy atom. The third-order valence-electron chi connectivity index (χ3n) is 3.13. The van der Waals surface area contributed by atoms with Crippen molar-refractivity contribution in [3.63, 3.8) is 0 Å². The Balaban J connectivity index is 1.64. The van der Waals surface area contributed by atoms with E-state index in [4.69, 9.17) is 0 Å². The molecule has 0 radical (unpaired) electrons. The van der Waals surface area contributed by atoms with Crippen molar-refractivity contribution in [3.8, 4) is 0 Å². The Labute approximate surface area is 109 Å². The lowest BCUT2D eigenvalue weighted by molar-refractivity contribution is 0.117. The summed E-state index contributed by atoms with van der Waals surface area (Å²) >= 11 is 5.29. The van der Waals surface area contributed by atoms with Crippen LogP contribution < -0.4 is 5.32 Å². The Hall–Kier alpha value is 0.1000. The Morgan fingerprint density at radius 1 is 1.31 bits per heavy atom. The molecule has 0 spiro atoms. The maximum Gasteiger partial charge on any atom is 0.0701 e. The number of aliphatic hydroxyl groups is 1. The molecule has 16 heavy (non-hydrogen) atoms. The second-order valence-electron chi connectivity index (χ2n) is 4.42. The van der Waals surface area contributed by atoms with E-state index in [0.717, 1.165) is 38.6 Å². The summed E-state index contributed by atoms with van der Waals surface area (Å²) in [6.07, 6.45) is 5.22. The van der Waals surface area contributed by atoms with Crippen LogP contribution >= 0.6 is 27.3 Å². The van der Waals surface area contributed by atoms with Crippen molar-refractivity contribution >= 4 is 27.3 Å². The van der Waals surface area contributed by atoms with E-state index in [1.165, 1.54) is 8.66 Å². The first-order valence-corrected chi connectivity index (χ1v) is 7.50. The minimum Gasteiger partial charge on any atom is -0.393 e. The Bertz CT molecular complexity index is 321. The summed E-state index contributed by atoms with van der Waals surface area (Å²) in [5.74, 6) is 0. The Kier molecular flexibility index (Phi) is 4.82. The minimum atomic E-state index is -0.0497. The van der Waals surface area contributed by atoms with Gasteiger partial charge in [0, 0.05) is 17.5 Å². The fourth-order valence-corrected chi connectivity index (χ4v) is 3.65. The van der Waals surface area contributed by atoms with Gasteiger partial charge in [0.1, 0.15) is 0 Å². The molecular weight excluding hydrogens is 286 g/mol. The van der Waals surface area contributed by atoms with Crippen molar-refractivity contribution in [2.24, 2.45) is 0 Å². The van der Waals surface area contributed by atoms with Gasteiger partial charge in [0.25, 0.3) is 0 Å². The highest BCUT2D eigenvalue weighted by atomic mass is 79.9. The van der Waals surface area contributed by atoms with Crippen molar-refractivity contribution in [2.75, 3.05) is 6.54 Å². The number of hydrogen-bond donors (Lipinski definition) is 2. The van der Waals surface area contributed by atoms with Crippen LogP contribution in [-0.2, 0) is 6.42 Å². The lowest BCUT2D eigenvalue weighted by Gasteiger charge is -2.26. The topological polar surface area (TPSA) is 32.3 Å². The highest BCUT2D eigenvalue weighted by Crippen LogP contribution is 2.22. The molecule has 0 unspecified atom stereocenters. The van der Waals surface area contributed by atoms with Gasteiger partial charge in [0.15, 0.2) is 0 Å². The molecule has 2 rings (SSSR count). The van der Waals surface area contributed by atoms with Gasteiger partial charge in [-0.15, -0.1) is 11.3 Å². The van der Waals surface area contributed by atoms with Crippen LogP contribution in [0.1, 0.15) is 30.6 Å². The van der Waals surface area contributed by atoms with Gasteiger partial charge in [-0.1, -0.05) is 0 Å². The maximum atomic E-state index is 9.40. The number of halogens is 1. The second-order valence-corrected chi connectivity index (χ2v) is 6.96. The lowest BCUT2D eigenvalue weighted by atomic mass is 9.93. The van der Waals surface area contributed by atoms with Crippen molar-refractivity contribution in [1.29, 1.82) is 0 Å². The third-order valence-corrected chi connectivity index (χ3v) is 4.81. The molecule has 0 aromatic carbocycles. The van der Waals surface area contributed by atoms with Gasteiger partial charge < -0.3 is 10.4 Å². The molecule has 90 valence electrons. The smallest absolute Gasteiger partial charge is 0.0701 e. The average molecular weight is 304 g/mol. The van der Waals surface area contributed by atoms with Crippen molar-refractivity contribution < 1.29 is 5.11 Å². The molecule has 0 bridgehead atoms. The minimum absolute atomic E-state index is 0.0497. The van der Waals surface area contributed by atoms with Gasteiger partial charge >= 0.3 is 0 Å². The predicted molar refractivity (Wildman–Crippen MR) is 72.0 cm³/mol. The molecule has 0 atom stereocenters. The zero-order chi connectivity index (χ0) is 11.4. The fourth-order valence-electron chi connectivity index (χ4n) is 2.17. The molecule has 1 aliphatic carbocycles. The molecule has 0 aliphatic heterocycles. The van der Waals surface area contributed by atoms with E-state index in [0.29, 0.717) is 6.04 Å². The Morgan fingerprint density at radius 3 is 2.69 bits per heavy atom. The first-order chi connectivity index (χ1) is 7.74. The molecule has 4 heteroatoms. The summed E-state index contributed by atoms with van der Waals surface area (Å²) in [5.41, 5.74) is 0. The molecule has 1 aromatic heterocycles. The second kappa shape index (κ2) is 6.15. The summed E-state index contributed by atoms with van der Waals surface area (Å²) in [5, 5.41) is 13.0. The molecule has 0 amide bonds. The molecule has 0 saturated heterocycles. The maximum absolute atomic E-state index is 9.40. The highest BCUT2D eigenvalue weighted by Gasteiger charge is 2.18. The van der Waals surface area contributed by atoms with E-state index >= 15 is 0 Å². The number of thiophene rings is 1. The van der Waals surface area contributed by atoms with Crippen LogP contribution in [0.2, 0.25) is 0 Å². The van der Waals surface area contributed by atoms with Crippen molar-refractivity contribution in [1.82, 2.24) is 5.32 Å². The summed E-state index contributed by atoms with van der Waals surface area (Å²) in [7, 11) is 0. The summed E-state index contributed by atoms with van der Waals surface area (Å²) in [6.45, 7) is 1.05. The largest absolute Gasteiger partial charge is 0.393 e. The normalized spacial score (nSPS) is 25.9. The van der Waals surface area contributed by atoms with Gasteiger partial charge in [-0.25, -0.2) is 0 Å². The van der Waals surface area contributed by atoms with Crippen LogP contribution in [0.15, 0.2) is 15.9 Å². The molecule has 1 saturated carbocycles. The SMILES string of the molecule is OC1CCC(NCCc2ccc(Br)s2)CC1. The first-order valence-electron chi connectivity index (χ1n) is 5.89. The first kappa shape index (κ1) is 12.6. The van der Waals surface area contributed by atoms with Gasteiger partial charge in [-0.05, 0) is 60.2 Å². The van der Waals surface area contributed by atoms with E-state index < -0.39 is 0 Å². The molecule has 2 nitrogen and oxygen atoms in total. The average Bonchev–Trinajstić information content (AvgIpc) is 2.67. The van der Waals surface area contributed by atoms with Crippen LogP contribution in [0.5, 0.6) is 0 Å². The molecule has 1 fully saturated rings. The quantitative estimate of drug-likeness (QED) is 0.896. The fraction of sp³-hybridized carbons (Fsp3) is 0.667. The molecule has 2 N–H and O–H groups in total. The molecular formula is C12H18BrNOS. The number of aliphatic hydroxyl groups excluding tert-OH is 1. The van der Waals surface area contributed by atoms with Gasteiger partial charge in [0.2, 0.25) is 0 Å². The van der Waals surface area contributed by atoms with E-state index in [2.05, 4.69) is 33.4 Å². The van der Waals surface area contributed by atoms with Crippen molar-refractivity contribution in [2.45, 2.75) is 44.2 Å². The van der Waals surface area contributed by atoms with Crippen LogP contribution in [0, 0.1) is 0 Å². The van der Waals surface area contributed by atoms with E-state index in [1.54, 1.807) is 0 Å². The van der Waals surface area contributed by atoms with Crippen LogP contribution in [-0.4, -0.2) is 23.8 Å². The van der Waals surface area contributed by atoms with E-state index in [1.807, 2.05) is 11.3 Å². The zero-order valence-electron chi connectivity index (χ0n) is 9.29. The van der Waals surface area contributed by atoms with E-state index in [9.17, 15) is 5.11 Å². The third kappa shape index (κ3) is 3.84. The standard InChI is InChI=1S/C12H18BrNOS/c13-12-6-5-11(16-12)7-8-14-9-1-3-10(15)4-2-9/h5-6,9-10,14-15H,1-4,7-8H2. The van der Waals surface area contributed by atoms with Crippen LogP contribution in [0.3, 0.4) is 0 Å². The number of rotatable bonds is 4. The summed E-state index contributed by atoms with van der Waals surface area (Å²) in [6, 6.07) is 4.91.